The molecule has 0 bridgehead atoms. The predicted molar refractivity (Wildman–Crippen MR) is 64.3 cm³/mol. The molecule has 3 rings (SSSR count). The zero-order valence-corrected chi connectivity index (χ0v) is 9.61. The van der Waals surface area contributed by atoms with E-state index in [1.54, 1.807) is 0 Å². The number of hydrogen-bond acceptors (Lipinski definition) is 2. The first kappa shape index (κ1) is 10.3. The van der Waals surface area contributed by atoms with Crippen LogP contribution in [0.5, 0.6) is 0 Å². The Bertz CT molecular complexity index is 343. The first-order valence-electron chi connectivity index (χ1n) is 6.28. The maximum absolute atomic E-state index is 5.81. The van der Waals surface area contributed by atoms with Crippen molar-refractivity contribution in [3.8, 4) is 0 Å². The van der Waals surface area contributed by atoms with Crippen molar-refractivity contribution >= 4 is 0 Å². The first-order valence-corrected chi connectivity index (χ1v) is 6.28. The molecular weight excluding hydrogens is 198 g/mol. The van der Waals surface area contributed by atoms with Gasteiger partial charge in [-0.15, -0.1) is 0 Å². The summed E-state index contributed by atoms with van der Waals surface area (Å²) in [5.74, 6) is 0. The van der Waals surface area contributed by atoms with E-state index >= 15 is 0 Å². The molecule has 1 atom stereocenters. The third-order valence-corrected chi connectivity index (χ3v) is 3.91. The van der Waals surface area contributed by atoms with Crippen LogP contribution in [0.3, 0.4) is 0 Å². The molecule has 1 saturated heterocycles. The molecule has 16 heavy (non-hydrogen) atoms. The normalized spacial score (nSPS) is 28.4. The lowest BCUT2D eigenvalue weighted by Gasteiger charge is -2.39. The van der Waals surface area contributed by atoms with Gasteiger partial charge in [-0.25, -0.2) is 0 Å². The van der Waals surface area contributed by atoms with E-state index in [0.29, 0.717) is 6.04 Å². The molecule has 2 aliphatic rings. The molecular formula is C14H19NO. The van der Waals surface area contributed by atoms with Crippen LogP contribution < -0.4 is 5.32 Å². The van der Waals surface area contributed by atoms with E-state index in [0.717, 1.165) is 13.2 Å². The van der Waals surface area contributed by atoms with E-state index in [1.807, 2.05) is 0 Å². The zero-order valence-electron chi connectivity index (χ0n) is 9.61. The molecule has 1 N–H and O–H groups in total. The highest BCUT2D eigenvalue weighted by Crippen LogP contribution is 2.35. The molecule has 0 unspecified atom stereocenters. The van der Waals surface area contributed by atoms with Gasteiger partial charge in [0.1, 0.15) is 0 Å². The van der Waals surface area contributed by atoms with Crippen LogP contribution in [0, 0.1) is 0 Å². The average Bonchev–Trinajstić information content (AvgIpc) is 2.78. The van der Waals surface area contributed by atoms with E-state index in [4.69, 9.17) is 4.74 Å². The van der Waals surface area contributed by atoms with Crippen LogP contribution in [0.25, 0.3) is 0 Å². The van der Waals surface area contributed by atoms with Gasteiger partial charge >= 0.3 is 0 Å². The highest BCUT2D eigenvalue weighted by atomic mass is 16.5. The average molecular weight is 217 g/mol. The van der Waals surface area contributed by atoms with Gasteiger partial charge in [0.15, 0.2) is 0 Å². The van der Waals surface area contributed by atoms with Crippen LogP contribution in [0.2, 0.25) is 0 Å². The molecule has 0 radical (unpaired) electrons. The minimum Gasteiger partial charge on any atom is -0.378 e. The number of benzene rings is 1. The van der Waals surface area contributed by atoms with Gasteiger partial charge in [-0.1, -0.05) is 43.2 Å². The summed E-state index contributed by atoms with van der Waals surface area (Å²) >= 11 is 0. The molecule has 1 heterocycles. The van der Waals surface area contributed by atoms with Gasteiger partial charge < -0.3 is 10.1 Å². The fourth-order valence-electron chi connectivity index (χ4n) is 3.03. The van der Waals surface area contributed by atoms with Gasteiger partial charge in [-0.05, 0) is 18.4 Å². The fourth-order valence-corrected chi connectivity index (χ4v) is 3.03. The van der Waals surface area contributed by atoms with Gasteiger partial charge in [0.2, 0.25) is 0 Å². The van der Waals surface area contributed by atoms with Gasteiger partial charge in [0.05, 0.1) is 19.3 Å². The summed E-state index contributed by atoms with van der Waals surface area (Å²) in [7, 11) is 0. The Balaban J connectivity index is 1.77. The molecule has 1 aromatic carbocycles. The minimum absolute atomic E-state index is 0.277. The number of rotatable bonds is 1. The maximum atomic E-state index is 5.81. The second-order valence-electron chi connectivity index (χ2n) is 5.11. The number of hydrogen-bond donors (Lipinski definition) is 1. The van der Waals surface area contributed by atoms with Gasteiger partial charge in [-0.2, -0.15) is 0 Å². The Hall–Kier alpha value is -0.860. The van der Waals surface area contributed by atoms with E-state index in [1.165, 1.54) is 31.2 Å². The molecule has 1 aromatic rings. The minimum atomic E-state index is 0.277. The van der Waals surface area contributed by atoms with Crippen molar-refractivity contribution in [3.63, 3.8) is 0 Å². The molecule has 1 aliphatic heterocycles. The Morgan fingerprint density at radius 2 is 1.88 bits per heavy atom. The first-order chi connectivity index (χ1) is 7.88. The van der Waals surface area contributed by atoms with Crippen LogP contribution >= 0.6 is 0 Å². The van der Waals surface area contributed by atoms with E-state index in [-0.39, 0.29) is 5.54 Å². The summed E-state index contributed by atoms with van der Waals surface area (Å²) in [5, 5.41) is 3.82. The van der Waals surface area contributed by atoms with Crippen molar-refractivity contribution in [3.05, 3.63) is 35.9 Å². The number of nitrogens with one attached hydrogen (secondary N) is 1. The van der Waals surface area contributed by atoms with Crippen molar-refractivity contribution in [2.24, 2.45) is 0 Å². The lowest BCUT2D eigenvalue weighted by Crippen LogP contribution is -2.53. The summed E-state index contributed by atoms with van der Waals surface area (Å²) in [5.41, 5.74) is 1.63. The smallest absolute Gasteiger partial charge is 0.0662 e. The molecule has 1 saturated carbocycles. The largest absolute Gasteiger partial charge is 0.378 e. The topological polar surface area (TPSA) is 21.3 Å². The molecule has 2 heteroatoms. The SMILES string of the molecule is c1ccc([C@H]2COCC3(CCCC3)N2)cc1. The van der Waals surface area contributed by atoms with Crippen LogP contribution in [0.4, 0.5) is 0 Å². The van der Waals surface area contributed by atoms with Crippen LogP contribution in [-0.2, 0) is 4.74 Å². The lowest BCUT2D eigenvalue weighted by atomic mass is 9.93. The third kappa shape index (κ3) is 1.87. The number of morpholine rings is 1. The maximum Gasteiger partial charge on any atom is 0.0662 e. The molecule has 2 nitrogen and oxygen atoms in total. The van der Waals surface area contributed by atoms with Crippen molar-refractivity contribution < 1.29 is 4.74 Å². The number of ether oxygens (including phenoxy) is 1. The summed E-state index contributed by atoms with van der Waals surface area (Å²) in [4.78, 5) is 0. The monoisotopic (exact) mass is 217 g/mol. The molecule has 86 valence electrons. The predicted octanol–water partition coefficient (Wildman–Crippen LogP) is 2.66. The molecule has 2 fully saturated rings. The van der Waals surface area contributed by atoms with Gasteiger partial charge in [-0.3, -0.25) is 0 Å². The lowest BCUT2D eigenvalue weighted by molar-refractivity contribution is 0.000274. The Labute approximate surface area is 97.0 Å². The summed E-state index contributed by atoms with van der Waals surface area (Å²) in [6.45, 7) is 1.71. The Kier molecular flexibility index (Phi) is 2.70. The van der Waals surface area contributed by atoms with E-state index in [9.17, 15) is 0 Å². The zero-order chi connectivity index (χ0) is 10.8. The van der Waals surface area contributed by atoms with Crippen molar-refractivity contribution in [2.75, 3.05) is 13.2 Å². The van der Waals surface area contributed by atoms with Crippen LogP contribution in [-0.4, -0.2) is 18.8 Å². The summed E-state index contributed by atoms with van der Waals surface area (Å²) in [6, 6.07) is 11.0. The standard InChI is InChI=1S/C14H19NO/c1-2-6-12(7-3-1)13-10-16-11-14(15-13)8-4-5-9-14/h1-3,6-7,13,15H,4-5,8-11H2/t13-/m1/s1. The molecule has 1 spiro atoms. The van der Waals surface area contributed by atoms with E-state index in [2.05, 4.69) is 35.6 Å². The second-order valence-corrected chi connectivity index (χ2v) is 5.11. The van der Waals surface area contributed by atoms with Crippen molar-refractivity contribution in [1.82, 2.24) is 5.32 Å². The Morgan fingerprint density at radius 1 is 1.12 bits per heavy atom. The second kappa shape index (κ2) is 4.19. The van der Waals surface area contributed by atoms with Gasteiger partial charge in [0.25, 0.3) is 0 Å². The van der Waals surface area contributed by atoms with Crippen LogP contribution in [0.15, 0.2) is 30.3 Å². The van der Waals surface area contributed by atoms with Crippen LogP contribution in [0.1, 0.15) is 37.3 Å². The van der Waals surface area contributed by atoms with Gasteiger partial charge in [0, 0.05) is 5.54 Å². The highest BCUT2D eigenvalue weighted by molar-refractivity contribution is 5.20. The molecule has 0 amide bonds. The molecule has 1 aliphatic carbocycles. The third-order valence-electron chi connectivity index (χ3n) is 3.91. The fraction of sp³-hybridized carbons (Fsp3) is 0.571. The quantitative estimate of drug-likeness (QED) is 0.781. The van der Waals surface area contributed by atoms with E-state index < -0.39 is 0 Å². The summed E-state index contributed by atoms with van der Waals surface area (Å²) in [6.07, 6.45) is 5.24. The molecule has 0 aromatic heterocycles. The highest BCUT2D eigenvalue weighted by Gasteiger charge is 2.39. The van der Waals surface area contributed by atoms with Crippen molar-refractivity contribution in [1.29, 1.82) is 0 Å². The summed E-state index contributed by atoms with van der Waals surface area (Å²) < 4.78 is 5.81. The Morgan fingerprint density at radius 3 is 2.62 bits per heavy atom. The van der Waals surface area contributed by atoms with Crippen molar-refractivity contribution in [2.45, 2.75) is 37.3 Å².